The topological polar surface area (TPSA) is 112 Å². The van der Waals surface area contributed by atoms with Crippen molar-refractivity contribution in [2.75, 3.05) is 24.3 Å². The number of nitrogens with one attached hydrogen (secondary N) is 1. The molecule has 2 amide bonds. The van der Waals surface area contributed by atoms with Crippen molar-refractivity contribution in [1.29, 1.82) is 0 Å². The van der Waals surface area contributed by atoms with E-state index in [1.807, 2.05) is 36.4 Å². The molecule has 9 nitrogen and oxygen atoms in total. The van der Waals surface area contributed by atoms with Crippen molar-refractivity contribution in [3.8, 4) is 5.75 Å². The van der Waals surface area contributed by atoms with Crippen LogP contribution in [0.15, 0.2) is 65.7 Å². The van der Waals surface area contributed by atoms with Gasteiger partial charge >= 0.3 is 5.97 Å². The maximum Gasteiger partial charge on any atom is 0.349 e. The maximum absolute atomic E-state index is 12.7. The van der Waals surface area contributed by atoms with Crippen LogP contribution < -0.4 is 15.0 Å². The zero-order valence-corrected chi connectivity index (χ0v) is 18.1. The highest BCUT2D eigenvalue weighted by Gasteiger charge is 2.54. The van der Waals surface area contributed by atoms with Crippen molar-refractivity contribution < 1.29 is 24.2 Å². The first-order valence-corrected chi connectivity index (χ1v) is 11.0. The lowest BCUT2D eigenvalue weighted by Gasteiger charge is -2.46. The molecule has 3 atom stereocenters. The molecule has 1 fully saturated rings. The zero-order chi connectivity index (χ0) is 22.7. The number of thioether (sulfide) groups is 1. The van der Waals surface area contributed by atoms with Gasteiger partial charge in [0, 0.05) is 12.7 Å². The second-order valence-corrected chi connectivity index (χ2v) is 8.35. The molecule has 0 unspecified atom stereocenters. The van der Waals surface area contributed by atoms with Crippen molar-refractivity contribution in [3.05, 3.63) is 60.7 Å². The number of carboxylic acids is 1. The first-order valence-electron chi connectivity index (χ1n) is 9.95. The lowest BCUT2D eigenvalue weighted by Crippen LogP contribution is -2.72. The number of aliphatic imine (C=N–C) groups is 1. The Balaban J connectivity index is 1.44. The monoisotopic (exact) mass is 454 g/mol. The molecule has 0 aromatic heterocycles. The molecule has 10 heteroatoms. The largest absolute Gasteiger partial charge is 0.484 e. The van der Waals surface area contributed by atoms with Crippen LogP contribution in [-0.2, 0) is 14.4 Å². The number of fused-ring (bicyclic) bond motifs is 1. The molecule has 166 valence electrons. The fourth-order valence-corrected chi connectivity index (χ4v) is 4.84. The third-order valence-corrected chi connectivity index (χ3v) is 6.44. The number of anilines is 1. The molecule has 2 aromatic rings. The van der Waals surface area contributed by atoms with Crippen LogP contribution in [0.5, 0.6) is 5.75 Å². The minimum Gasteiger partial charge on any atom is -0.484 e. The van der Waals surface area contributed by atoms with Crippen molar-refractivity contribution in [2.24, 2.45) is 4.99 Å². The van der Waals surface area contributed by atoms with Gasteiger partial charge in [0.15, 0.2) is 6.61 Å². The highest BCUT2D eigenvalue weighted by atomic mass is 32.2. The summed E-state index contributed by atoms with van der Waals surface area (Å²) in [6.45, 7) is -0.244. The van der Waals surface area contributed by atoms with E-state index in [2.05, 4.69) is 10.3 Å². The molecule has 1 saturated heterocycles. The Morgan fingerprint density at radius 1 is 1.19 bits per heavy atom. The highest BCUT2D eigenvalue weighted by molar-refractivity contribution is 8.00. The summed E-state index contributed by atoms with van der Waals surface area (Å²) in [4.78, 5) is 44.3. The van der Waals surface area contributed by atoms with Crippen molar-refractivity contribution in [3.63, 3.8) is 0 Å². The summed E-state index contributed by atoms with van der Waals surface area (Å²) in [6, 6.07) is 17.5. The maximum atomic E-state index is 12.7. The number of carbonyl (C=O) groups is 3. The lowest BCUT2D eigenvalue weighted by molar-refractivity contribution is -0.161. The average molecular weight is 455 g/mol. The minimum atomic E-state index is -1.35. The van der Waals surface area contributed by atoms with E-state index in [0.29, 0.717) is 17.3 Å². The van der Waals surface area contributed by atoms with Crippen LogP contribution in [-0.4, -0.2) is 70.6 Å². The molecule has 2 aromatic carbocycles. The number of rotatable bonds is 6. The average Bonchev–Trinajstić information content (AvgIpc) is 3.00. The molecule has 0 bridgehead atoms. The molecule has 0 radical (unpaired) electrons. The Morgan fingerprint density at radius 3 is 2.50 bits per heavy atom. The molecule has 0 saturated carbocycles. The second kappa shape index (κ2) is 9.31. The SMILES string of the molecule is CN(C1=N[C@@H](C(=O)O)N2C(=O)[C@H](NC(=O)COc3ccccc3)[C@@H]2SC1)c1ccccc1. The lowest BCUT2D eigenvalue weighted by atomic mass is 10.1. The molecule has 2 aliphatic heterocycles. The summed E-state index contributed by atoms with van der Waals surface area (Å²) in [5.41, 5.74) is 0.856. The smallest absolute Gasteiger partial charge is 0.349 e. The van der Waals surface area contributed by atoms with Gasteiger partial charge in [0.2, 0.25) is 6.17 Å². The van der Waals surface area contributed by atoms with E-state index in [1.54, 1.807) is 36.2 Å². The number of carbonyl (C=O) groups excluding carboxylic acids is 2. The fraction of sp³-hybridized carbons (Fsp3) is 0.273. The number of hydrogen-bond acceptors (Lipinski definition) is 7. The van der Waals surface area contributed by atoms with Crippen LogP contribution in [0.4, 0.5) is 5.69 Å². The molecular formula is C22H22N4O5S. The number of carboxylic acid groups (broad SMARTS) is 1. The highest BCUT2D eigenvalue weighted by Crippen LogP contribution is 2.35. The first kappa shape index (κ1) is 21.7. The van der Waals surface area contributed by atoms with E-state index in [0.717, 1.165) is 5.69 Å². The van der Waals surface area contributed by atoms with Crippen LogP contribution in [0.2, 0.25) is 0 Å². The molecule has 2 aliphatic rings. The zero-order valence-electron chi connectivity index (χ0n) is 17.2. The van der Waals surface area contributed by atoms with E-state index in [-0.39, 0.29) is 6.61 Å². The quantitative estimate of drug-likeness (QED) is 0.635. The third-order valence-electron chi connectivity index (χ3n) is 5.18. The van der Waals surface area contributed by atoms with Gasteiger partial charge < -0.3 is 20.1 Å². The van der Waals surface area contributed by atoms with Crippen LogP contribution in [0.25, 0.3) is 0 Å². The summed E-state index contributed by atoms with van der Waals surface area (Å²) in [6.07, 6.45) is -1.35. The Morgan fingerprint density at radius 2 is 1.84 bits per heavy atom. The van der Waals surface area contributed by atoms with Gasteiger partial charge in [-0.3, -0.25) is 14.5 Å². The summed E-state index contributed by atoms with van der Waals surface area (Å²) in [5.74, 6) is -0.686. The van der Waals surface area contributed by atoms with Crippen molar-refractivity contribution >= 4 is 41.1 Å². The van der Waals surface area contributed by atoms with Gasteiger partial charge in [-0.2, -0.15) is 0 Å². The van der Waals surface area contributed by atoms with Crippen molar-refractivity contribution in [1.82, 2.24) is 10.2 Å². The molecule has 32 heavy (non-hydrogen) atoms. The van der Waals surface area contributed by atoms with Crippen LogP contribution in [0.3, 0.4) is 0 Å². The number of amides is 2. The number of nitrogens with zero attached hydrogens (tertiary/aromatic N) is 3. The summed E-state index contributed by atoms with van der Waals surface area (Å²) < 4.78 is 5.42. The second-order valence-electron chi connectivity index (χ2n) is 7.25. The number of β-lactam (4-membered cyclic amide) rings is 1. The fourth-order valence-electron chi connectivity index (χ4n) is 3.50. The van der Waals surface area contributed by atoms with E-state index in [1.165, 1.54) is 16.7 Å². The number of benzene rings is 2. The Bertz CT molecular complexity index is 1030. The van der Waals surface area contributed by atoms with Gasteiger partial charge in [-0.25, -0.2) is 9.79 Å². The first-order chi connectivity index (χ1) is 15.5. The Labute approximate surface area is 189 Å². The standard InChI is InChI=1S/C22H22N4O5S/c1-25(14-8-4-2-5-9-14)16-13-32-21-18(20(28)26(21)19(23-16)22(29)30)24-17(27)12-31-15-10-6-3-7-11-15/h2-11,18-19,21H,12-13H2,1H3,(H,24,27)(H,29,30)/t18-,19+,21-/m0/s1. The van der Waals surface area contributed by atoms with Crippen LogP contribution >= 0.6 is 11.8 Å². The van der Waals surface area contributed by atoms with Gasteiger partial charge in [-0.1, -0.05) is 36.4 Å². The van der Waals surface area contributed by atoms with Gasteiger partial charge in [0.1, 0.15) is 23.0 Å². The molecule has 0 spiro atoms. The van der Waals surface area contributed by atoms with E-state index >= 15 is 0 Å². The summed E-state index contributed by atoms with van der Waals surface area (Å²) in [5, 5.41) is 11.8. The van der Waals surface area contributed by atoms with Crippen molar-refractivity contribution in [2.45, 2.75) is 17.6 Å². The van der Waals surface area contributed by atoms with Gasteiger partial charge in [0.25, 0.3) is 11.8 Å². The van der Waals surface area contributed by atoms with E-state index in [4.69, 9.17) is 4.74 Å². The van der Waals surface area contributed by atoms with Gasteiger partial charge in [0.05, 0.1) is 5.75 Å². The van der Waals surface area contributed by atoms with E-state index in [9.17, 15) is 19.5 Å². The van der Waals surface area contributed by atoms with E-state index < -0.39 is 35.4 Å². The molecule has 2 heterocycles. The number of aliphatic carboxylic acids is 1. The normalized spacial score (nSPS) is 22.0. The molecular weight excluding hydrogens is 432 g/mol. The summed E-state index contributed by atoms with van der Waals surface area (Å²) >= 11 is 1.37. The third kappa shape index (κ3) is 4.40. The number of ether oxygens (including phenoxy) is 1. The number of amidine groups is 1. The van der Waals surface area contributed by atoms with Crippen LogP contribution in [0, 0.1) is 0 Å². The predicted molar refractivity (Wildman–Crippen MR) is 121 cm³/mol. The molecule has 0 aliphatic carbocycles. The van der Waals surface area contributed by atoms with Crippen LogP contribution in [0.1, 0.15) is 0 Å². The number of para-hydroxylation sites is 2. The minimum absolute atomic E-state index is 0.244. The van der Waals surface area contributed by atoms with Gasteiger partial charge in [-0.15, -0.1) is 11.8 Å². The molecule has 4 rings (SSSR count). The summed E-state index contributed by atoms with van der Waals surface area (Å²) in [7, 11) is 1.80. The Hall–Kier alpha value is -3.53. The molecule has 2 N–H and O–H groups in total. The van der Waals surface area contributed by atoms with Gasteiger partial charge in [-0.05, 0) is 24.3 Å². The predicted octanol–water partition coefficient (Wildman–Crippen LogP) is 1.41. The Kier molecular flexibility index (Phi) is 6.31. The number of hydrogen-bond donors (Lipinski definition) is 2.